The van der Waals surface area contributed by atoms with Crippen LogP contribution in [0.15, 0.2) is 0 Å². The fourth-order valence-corrected chi connectivity index (χ4v) is 2.24. The lowest BCUT2D eigenvalue weighted by Crippen LogP contribution is -2.21. The maximum absolute atomic E-state index is 5.66. The molecule has 60 valence electrons. The zero-order valence-electron chi connectivity index (χ0n) is 7.14. The first-order chi connectivity index (χ1) is 4.75. The van der Waals surface area contributed by atoms with Crippen molar-refractivity contribution in [3.8, 4) is 0 Å². The molecule has 0 radical (unpaired) electrons. The second-order valence-electron chi connectivity index (χ2n) is 3.83. The van der Waals surface area contributed by atoms with Crippen molar-refractivity contribution in [2.45, 2.75) is 33.1 Å². The van der Waals surface area contributed by atoms with E-state index in [-0.39, 0.29) is 0 Å². The Kier molecular flexibility index (Phi) is 2.72. The molecule has 1 rings (SSSR count). The third-order valence-corrected chi connectivity index (χ3v) is 2.88. The van der Waals surface area contributed by atoms with Crippen molar-refractivity contribution in [3.05, 3.63) is 0 Å². The summed E-state index contributed by atoms with van der Waals surface area (Å²) in [4.78, 5) is 0. The zero-order valence-corrected chi connectivity index (χ0v) is 7.14. The number of nitrogens with two attached hydrogens (primary N) is 1. The van der Waals surface area contributed by atoms with Gasteiger partial charge >= 0.3 is 0 Å². The second-order valence-corrected chi connectivity index (χ2v) is 3.83. The highest BCUT2D eigenvalue weighted by Gasteiger charge is 2.27. The third kappa shape index (κ3) is 1.51. The number of hydrogen-bond donors (Lipinski definition) is 1. The summed E-state index contributed by atoms with van der Waals surface area (Å²) >= 11 is 0. The quantitative estimate of drug-likeness (QED) is 0.625. The van der Waals surface area contributed by atoms with E-state index in [9.17, 15) is 0 Å². The van der Waals surface area contributed by atoms with Gasteiger partial charge in [-0.2, -0.15) is 0 Å². The van der Waals surface area contributed by atoms with E-state index >= 15 is 0 Å². The van der Waals surface area contributed by atoms with E-state index in [4.69, 9.17) is 5.73 Å². The first kappa shape index (κ1) is 8.06. The van der Waals surface area contributed by atoms with Crippen LogP contribution in [0.5, 0.6) is 0 Å². The maximum Gasteiger partial charge on any atom is -0.00461 e. The summed E-state index contributed by atoms with van der Waals surface area (Å²) in [5, 5.41) is 0. The molecule has 1 aliphatic rings. The van der Waals surface area contributed by atoms with Crippen molar-refractivity contribution in [1.82, 2.24) is 0 Å². The molecule has 1 nitrogen and oxygen atoms in total. The molecule has 0 heterocycles. The molecule has 1 fully saturated rings. The fourth-order valence-electron chi connectivity index (χ4n) is 2.24. The van der Waals surface area contributed by atoms with Crippen molar-refractivity contribution in [2.24, 2.45) is 23.5 Å². The molecule has 1 aliphatic carbocycles. The van der Waals surface area contributed by atoms with Crippen molar-refractivity contribution in [1.29, 1.82) is 0 Å². The SMILES string of the molecule is CC(C)[C@H]1CCC[C@@H]1CN. The van der Waals surface area contributed by atoms with E-state index in [1.807, 2.05) is 0 Å². The van der Waals surface area contributed by atoms with Gasteiger partial charge in [0.1, 0.15) is 0 Å². The Balaban J connectivity index is 2.42. The van der Waals surface area contributed by atoms with Gasteiger partial charge in [-0.05, 0) is 37.1 Å². The lowest BCUT2D eigenvalue weighted by Gasteiger charge is -2.21. The molecule has 1 saturated carbocycles. The molecule has 2 N–H and O–H groups in total. The molecule has 1 heteroatoms. The predicted octanol–water partition coefficient (Wildman–Crippen LogP) is 2.02. The summed E-state index contributed by atoms with van der Waals surface area (Å²) in [6.45, 7) is 5.54. The summed E-state index contributed by atoms with van der Waals surface area (Å²) in [5.41, 5.74) is 5.66. The van der Waals surface area contributed by atoms with Crippen molar-refractivity contribution in [3.63, 3.8) is 0 Å². The summed E-state index contributed by atoms with van der Waals surface area (Å²) < 4.78 is 0. The highest BCUT2D eigenvalue weighted by molar-refractivity contribution is 4.79. The first-order valence-electron chi connectivity index (χ1n) is 4.45. The minimum absolute atomic E-state index is 0.833. The summed E-state index contributed by atoms with van der Waals surface area (Å²) in [6.07, 6.45) is 4.20. The van der Waals surface area contributed by atoms with E-state index in [0.29, 0.717) is 0 Å². The highest BCUT2D eigenvalue weighted by Crippen LogP contribution is 2.35. The van der Waals surface area contributed by atoms with Gasteiger partial charge in [-0.15, -0.1) is 0 Å². The van der Waals surface area contributed by atoms with Crippen LogP contribution >= 0.6 is 0 Å². The predicted molar refractivity (Wildman–Crippen MR) is 44.7 cm³/mol. The molecule has 0 aromatic rings. The lowest BCUT2D eigenvalue weighted by molar-refractivity contribution is 0.301. The Hall–Kier alpha value is -0.0400. The zero-order chi connectivity index (χ0) is 7.56. The molecule has 0 amide bonds. The molecular formula is C9H19N. The van der Waals surface area contributed by atoms with Gasteiger partial charge in [0, 0.05) is 0 Å². The molecule has 0 spiro atoms. The van der Waals surface area contributed by atoms with Gasteiger partial charge in [-0.25, -0.2) is 0 Å². The van der Waals surface area contributed by atoms with E-state index in [1.165, 1.54) is 19.3 Å². The summed E-state index contributed by atoms with van der Waals surface area (Å²) in [5.74, 6) is 2.60. The topological polar surface area (TPSA) is 26.0 Å². The Morgan fingerprint density at radius 1 is 1.40 bits per heavy atom. The van der Waals surface area contributed by atoms with Gasteiger partial charge in [-0.3, -0.25) is 0 Å². The van der Waals surface area contributed by atoms with Crippen LogP contribution in [-0.4, -0.2) is 6.54 Å². The average Bonchev–Trinajstić information content (AvgIpc) is 2.33. The Morgan fingerprint density at radius 3 is 2.50 bits per heavy atom. The van der Waals surface area contributed by atoms with Crippen LogP contribution in [0.4, 0.5) is 0 Å². The van der Waals surface area contributed by atoms with Gasteiger partial charge < -0.3 is 5.73 Å². The second kappa shape index (κ2) is 3.38. The average molecular weight is 141 g/mol. The van der Waals surface area contributed by atoms with Crippen LogP contribution in [0.25, 0.3) is 0 Å². The normalized spacial score (nSPS) is 33.6. The smallest absolute Gasteiger partial charge is 0.00461 e. The van der Waals surface area contributed by atoms with E-state index in [1.54, 1.807) is 0 Å². The Morgan fingerprint density at radius 2 is 2.10 bits per heavy atom. The molecule has 0 bridgehead atoms. The maximum atomic E-state index is 5.66. The van der Waals surface area contributed by atoms with E-state index in [2.05, 4.69) is 13.8 Å². The third-order valence-electron chi connectivity index (χ3n) is 2.88. The number of hydrogen-bond acceptors (Lipinski definition) is 1. The molecular weight excluding hydrogens is 122 g/mol. The van der Waals surface area contributed by atoms with Crippen molar-refractivity contribution >= 4 is 0 Å². The Bertz CT molecular complexity index is 98.9. The minimum Gasteiger partial charge on any atom is -0.330 e. The molecule has 10 heavy (non-hydrogen) atoms. The lowest BCUT2D eigenvalue weighted by atomic mass is 9.86. The molecule has 0 aromatic heterocycles. The monoisotopic (exact) mass is 141 g/mol. The van der Waals surface area contributed by atoms with Crippen molar-refractivity contribution in [2.75, 3.05) is 6.54 Å². The van der Waals surface area contributed by atoms with Crippen LogP contribution in [0, 0.1) is 17.8 Å². The summed E-state index contributed by atoms with van der Waals surface area (Å²) in [6, 6.07) is 0. The molecule has 0 aromatic carbocycles. The number of rotatable bonds is 2. The fraction of sp³-hybridized carbons (Fsp3) is 1.00. The first-order valence-corrected chi connectivity index (χ1v) is 4.45. The minimum atomic E-state index is 0.833. The van der Waals surface area contributed by atoms with Gasteiger partial charge in [0.05, 0.1) is 0 Å². The van der Waals surface area contributed by atoms with Crippen LogP contribution in [0.1, 0.15) is 33.1 Å². The van der Waals surface area contributed by atoms with Gasteiger partial charge in [0.2, 0.25) is 0 Å². The largest absolute Gasteiger partial charge is 0.330 e. The molecule has 2 atom stereocenters. The van der Waals surface area contributed by atoms with E-state index < -0.39 is 0 Å². The standard InChI is InChI=1S/C9H19N/c1-7(2)9-5-3-4-8(9)6-10/h7-9H,3-6,10H2,1-2H3/t8-,9-/m1/s1. The van der Waals surface area contributed by atoms with Crippen LogP contribution in [0.3, 0.4) is 0 Å². The van der Waals surface area contributed by atoms with Gasteiger partial charge in [0.15, 0.2) is 0 Å². The van der Waals surface area contributed by atoms with Crippen LogP contribution < -0.4 is 5.73 Å². The van der Waals surface area contributed by atoms with Crippen molar-refractivity contribution < 1.29 is 0 Å². The summed E-state index contributed by atoms with van der Waals surface area (Å²) in [7, 11) is 0. The van der Waals surface area contributed by atoms with Gasteiger partial charge in [-0.1, -0.05) is 20.3 Å². The van der Waals surface area contributed by atoms with Gasteiger partial charge in [0.25, 0.3) is 0 Å². The van der Waals surface area contributed by atoms with E-state index in [0.717, 1.165) is 24.3 Å². The highest BCUT2D eigenvalue weighted by atomic mass is 14.6. The molecule has 0 unspecified atom stereocenters. The Labute approximate surface area is 64.0 Å². The molecule has 0 aliphatic heterocycles. The molecule has 0 saturated heterocycles. The van der Waals surface area contributed by atoms with Crippen LogP contribution in [-0.2, 0) is 0 Å². The van der Waals surface area contributed by atoms with Crippen LogP contribution in [0.2, 0.25) is 0 Å².